The molecule has 0 amide bonds. The lowest BCUT2D eigenvalue weighted by Crippen LogP contribution is -2.08. The van der Waals surface area contributed by atoms with Crippen LogP contribution >= 0.6 is 0 Å². The van der Waals surface area contributed by atoms with E-state index in [0.717, 1.165) is 18.4 Å². The fourth-order valence-corrected chi connectivity index (χ4v) is 0.391. The van der Waals surface area contributed by atoms with E-state index in [4.69, 9.17) is 5.11 Å². The number of likely N-dealkylation sites (N-methyl/N-ethyl adjacent to an activating group) is 1. The Kier molecular flexibility index (Phi) is 3.98. The summed E-state index contributed by atoms with van der Waals surface area (Å²) in [7, 11) is 1.83. The van der Waals surface area contributed by atoms with Crippen molar-refractivity contribution in [3.05, 3.63) is 24.5 Å². The molecule has 0 fully saturated rings. The minimum Gasteiger partial charge on any atom is -0.516 e. The maximum atomic E-state index is 8.19. The lowest BCUT2D eigenvalue weighted by Gasteiger charge is -1.93. The average Bonchev–Trinajstić information content (AvgIpc) is 1.68. The summed E-state index contributed by atoms with van der Waals surface area (Å²) in [6, 6.07) is 0. The fraction of sp³-hybridized carbons (Fsp3) is 0.333. The van der Waals surface area contributed by atoms with Crippen LogP contribution in [0.2, 0.25) is 0 Å². The Labute approximate surface area is 49.5 Å². The van der Waals surface area contributed by atoms with Crippen LogP contribution in [0, 0.1) is 0 Å². The highest BCUT2D eigenvalue weighted by Crippen LogP contribution is 1.86. The predicted molar refractivity (Wildman–Crippen MR) is 34.8 cm³/mol. The molecule has 0 aliphatic carbocycles. The number of rotatable bonds is 3. The van der Waals surface area contributed by atoms with E-state index in [0.29, 0.717) is 0 Å². The molecule has 0 heterocycles. The van der Waals surface area contributed by atoms with Crippen LogP contribution in [0.25, 0.3) is 0 Å². The first-order valence-corrected chi connectivity index (χ1v) is 2.44. The van der Waals surface area contributed by atoms with Crippen molar-refractivity contribution in [2.45, 2.75) is 0 Å². The monoisotopic (exact) mass is 113 g/mol. The molecule has 0 aromatic rings. The zero-order chi connectivity index (χ0) is 6.41. The zero-order valence-corrected chi connectivity index (χ0v) is 5.02. The van der Waals surface area contributed by atoms with Crippen LogP contribution in [-0.4, -0.2) is 18.7 Å². The Hall–Kier alpha value is -0.760. The van der Waals surface area contributed by atoms with Gasteiger partial charge in [0.2, 0.25) is 0 Å². The number of nitrogens with one attached hydrogen (secondary N) is 1. The van der Waals surface area contributed by atoms with Crippen molar-refractivity contribution in [3.63, 3.8) is 0 Å². The van der Waals surface area contributed by atoms with Crippen LogP contribution in [0.4, 0.5) is 0 Å². The summed E-state index contributed by atoms with van der Waals surface area (Å²) in [5.41, 5.74) is 0.870. The molecule has 0 aliphatic rings. The average molecular weight is 113 g/mol. The van der Waals surface area contributed by atoms with Gasteiger partial charge in [-0.1, -0.05) is 6.58 Å². The van der Waals surface area contributed by atoms with Crippen molar-refractivity contribution in [1.29, 1.82) is 0 Å². The van der Waals surface area contributed by atoms with Gasteiger partial charge in [-0.15, -0.1) is 0 Å². The second-order valence-corrected chi connectivity index (χ2v) is 1.50. The summed E-state index contributed by atoms with van der Waals surface area (Å²) in [5.74, 6) is 0. The summed E-state index contributed by atoms with van der Waals surface area (Å²) in [5, 5.41) is 11.1. The molecule has 0 saturated heterocycles. The van der Waals surface area contributed by atoms with Gasteiger partial charge in [0.05, 0.1) is 6.26 Å². The Bertz CT molecular complexity index is 96.7. The van der Waals surface area contributed by atoms with Crippen LogP contribution in [0.1, 0.15) is 0 Å². The molecule has 0 aromatic heterocycles. The molecule has 0 aliphatic heterocycles. The van der Waals surface area contributed by atoms with Gasteiger partial charge in [-0.05, 0) is 18.7 Å². The maximum absolute atomic E-state index is 8.19. The Balaban J connectivity index is 3.33. The van der Waals surface area contributed by atoms with E-state index in [1.807, 2.05) is 7.05 Å². The molecule has 46 valence electrons. The molecule has 0 saturated carbocycles. The normalized spacial score (nSPS) is 10.1. The van der Waals surface area contributed by atoms with Crippen LogP contribution in [0.5, 0.6) is 0 Å². The van der Waals surface area contributed by atoms with E-state index in [2.05, 4.69) is 11.9 Å². The summed E-state index contributed by atoms with van der Waals surface area (Å²) in [4.78, 5) is 0. The second-order valence-electron chi connectivity index (χ2n) is 1.50. The van der Waals surface area contributed by atoms with Gasteiger partial charge in [0.1, 0.15) is 0 Å². The Morgan fingerprint density at radius 1 is 1.88 bits per heavy atom. The van der Waals surface area contributed by atoms with Crippen LogP contribution < -0.4 is 5.32 Å². The van der Waals surface area contributed by atoms with E-state index in [1.54, 1.807) is 6.08 Å². The summed E-state index contributed by atoms with van der Waals surface area (Å²) >= 11 is 0. The number of hydrogen-bond donors (Lipinski definition) is 2. The summed E-state index contributed by atoms with van der Waals surface area (Å²) in [6.07, 6.45) is 2.54. The van der Waals surface area contributed by atoms with Gasteiger partial charge < -0.3 is 10.4 Å². The minimum absolute atomic E-state index is 0.719. The largest absolute Gasteiger partial charge is 0.516 e. The van der Waals surface area contributed by atoms with Crippen molar-refractivity contribution in [2.75, 3.05) is 13.6 Å². The molecule has 0 aromatic carbocycles. The first-order valence-electron chi connectivity index (χ1n) is 2.44. The van der Waals surface area contributed by atoms with E-state index >= 15 is 0 Å². The predicted octanol–water partition coefficient (Wildman–Crippen LogP) is 0.834. The smallest absolute Gasteiger partial charge is 0.0794 e. The molecule has 0 spiro atoms. The van der Waals surface area contributed by atoms with E-state index in [-0.39, 0.29) is 0 Å². The molecular weight excluding hydrogens is 102 g/mol. The molecule has 0 rings (SSSR count). The molecule has 2 N–H and O–H groups in total. The van der Waals surface area contributed by atoms with E-state index in [1.165, 1.54) is 0 Å². The van der Waals surface area contributed by atoms with Gasteiger partial charge in [-0.2, -0.15) is 0 Å². The van der Waals surface area contributed by atoms with Crippen molar-refractivity contribution in [3.8, 4) is 0 Å². The van der Waals surface area contributed by atoms with Gasteiger partial charge in [0.15, 0.2) is 0 Å². The molecular formula is C6H11NO. The minimum atomic E-state index is 0.719. The third kappa shape index (κ3) is 3.43. The van der Waals surface area contributed by atoms with Crippen molar-refractivity contribution in [1.82, 2.24) is 5.32 Å². The molecule has 0 atom stereocenters. The number of aliphatic hydroxyl groups is 1. The molecule has 0 unspecified atom stereocenters. The van der Waals surface area contributed by atoms with E-state index in [9.17, 15) is 0 Å². The lowest BCUT2D eigenvalue weighted by molar-refractivity contribution is 0.473. The first-order chi connectivity index (χ1) is 3.81. The topological polar surface area (TPSA) is 32.3 Å². The molecule has 0 bridgehead atoms. The van der Waals surface area contributed by atoms with Crippen LogP contribution in [0.3, 0.4) is 0 Å². The van der Waals surface area contributed by atoms with Gasteiger partial charge in [-0.3, -0.25) is 0 Å². The molecule has 0 radical (unpaired) electrons. The molecule has 2 nitrogen and oxygen atoms in total. The highest BCUT2D eigenvalue weighted by atomic mass is 16.2. The van der Waals surface area contributed by atoms with Crippen LogP contribution in [0.15, 0.2) is 24.5 Å². The standard InChI is InChI=1S/C6H11NO/c1-6(3-4-8)5-7-2/h3-4,7-8H,1,5H2,2H3/b4-3+. The summed E-state index contributed by atoms with van der Waals surface area (Å²) < 4.78 is 0. The van der Waals surface area contributed by atoms with Gasteiger partial charge in [0, 0.05) is 6.54 Å². The quantitative estimate of drug-likeness (QED) is 0.420. The second kappa shape index (κ2) is 4.40. The van der Waals surface area contributed by atoms with E-state index < -0.39 is 0 Å². The summed E-state index contributed by atoms with van der Waals surface area (Å²) in [6.45, 7) is 4.34. The highest BCUT2D eigenvalue weighted by Gasteiger charge is 1.80. The Morgan fingerprint density at radius 2 is 2.50 bits per heavy atom. The Morgan fingerprint density at radius 3 is 2.88 bits per heavy atom. The number of aliphatic hydroxyl groups excluding tert-OH is 1. The van der Waals surface area contributed by atoms with Crippen molar-refractivity contribution >= 4 is 0 Å². The zero-order valence-electron chi connectivity index (χ0n) is 5.02. The van der Waals surface area contributed by atoms with Crippen molar-refractivity contribution < 1.29 is 5.11 Å². The van der Waals surface area contributed by atoms with Gasteiger partial charge in [-0.25, -0.2) is 0 Å². The SMILES string of the molecule is C=C(/C=C/O)CNC. The van der Waals surface area contributed by atoms with Gasteiger partial charge >= 0.3 is 0 Å². The molecule has 8 heavy (non-hydrogen) atoms. The maximum Gasteiger partial charge on any atom is 0.0794 e. The van der Waals surface area contributed by atoms with Crippen molar-refractivity contribution in [2.24, 2.45) is 0 Å². The third-order valence-corrected chi connectivity index (χ3v) is 0.714. The first kappa shape index (κ1) is 7.24. The molecule has 2 heteroatoms. The van der Waals surface area contributed by atoms with Gasteiger partial charge in [0.25, 0.3) is 0 Å². The highest BCUT2D eigenvalue weighted by molar-refractivity contribution is 5.13. The third-order valence-electron chi connectivity index (χ3n) is 0.714. The van der Waals surface area contributed by atoms with Crippen LogP contribution in [-0.2, 0) is 0 Å². The lowest BCUT2D eigenvalue weighted by atomic mass is 10.3. The fourth-order valence-electron chi connectivity index (χ4n) is 0.391. The number of hydrogen-bond acceptors (Lipinski definition) is 2.